The molecule has 2 aromatic carbocycles. The molecule has 8 nitrogen and oxygen atoms in total. The van der Waals surface area contributed by atoms with Gasteiger partial charge in [-0.05, 0) is 29.5 Å². The van der Waals surface area contributed by atoms with Gasteiger partial charge in [0.05, 0.1) is 0 Å². The van der Waals surface area contributed by atoms with Gasteiger partial charge in [0, 0.05) is 17.5 Å². The minimum atomic E-state index is -4.28. The van der Waals surface area contributed by atoms with Crippen molar-refractivity contribution >= 4 is 44.2 Å². The second-order valence-corrected chi connectivity index (χ2v) is 8.39. The lowest BCUT2D eigenvalue weighted by molar-refractivity contribution is -0.118. The molecule has 1 saturated heterocycles. The standard InChI is InChI=1S/C18H20FN3O5S/c1-3-10(2)6-15(24)20-12-5-4-11-7-14(23)18(17(19)13(11)8-12)22-9-16(25)21-28(22,26)27/h4-5,7-8,10,23H,3,6,9H2,1-2H3,(H,20,24)(H,21,25). The van der Waals surface area contributed by atoms with Crippen molar-refractivity contribution in [2.75, 3.05) is 16.2 Å². The molecule has 0 aliphatic carbocycles. The summed E-state index contributed by atoms with van der Waals surface area (Å²) in [5.41, 5.74) is -0.274. The molecular formula is C18H20FN3O5S. The summed E-state index contributed by atoms with van der Waals surface area (Å²) < 4.78 is 41.4. The van der Waals surface area contributed by atoms with Gasteiger partial charge in [-0.3, -0.25) is 9.59 Å². The third kappa shape index (κ3) is 3.72. The number of anilines is 2. The monoisotopic (exact) mass is 409 g/mol. The zero-order valence-corrected chi connectivity index (χ0v) is 16.1. The van der Waals surface area contributed by atoms with Gasteiger partial charge in [-0.25, -0.2) is 13.4 Å². The van der Waals surface area contributed by atoms with Crippen LogP contribution in [0, 0.1) is 11.7 Å². The van der Waals surface area contributed by atoms with E-state index in [0.29, 0.717) is 21.8 Å². The number of nitrogens with one attached hydrogen (secondary N) is 2. The van der Waals surface area contributed by atoms with Crippen LogP contribution in [0.15, 0.2) is 24.3 Å². The molecule has 0 spiro atoms. The number of nitrogens with zero attached hydrogens (tertiary/aromatic N) is 1. The van der Waals surface area contributed by atoms with E-state index in [9.17, 15) is 23.1 Å². The minimum Gasteiger partial charge on any atom is -0.506 e. The van der Waals surface area contributed by atoms with Crippen LogP contribution in [0.2, 0.25) is 0 Å². The molecule has 1 aliphatic heterocycles. The van der Waals surface area contributed by atoms with Gasteiger partial charge in [0.1, 0.15) is 18.0 Å². The van der Waals surface area contributed by atoms with Crippen LogP contribution < -0.4 is 14.3 Å². The van der Waals surface area contributed by atoms with Crippen molar-refractivity contribution in [2.45, 2.75) is 26.7 Å². The number of benzene rings is 2. The Morgan fingerprint density at radius 2 is 2.11 bits per heavy atom. The number of phenolic OH excluding ortho intramolecular Hbond substituents is 1. The number of amides is 2. The van der Waals surface area contributed by atoms with Gasteiger partial charge in [0.2, 0.25) is 5.91 Å². The highest BCUT2D eigenvalue weighted by atomic mass is 32.2. The van der Waals surface area contributed by atoms with E-state index in [2.05, 4.69) is 5.32 Å². The predicted molar refractivity (Wildman–Crippen MR) is 103 cm³/mol. The summed E-state index contributed by atoms with van der Waals surface area (Å²) in [5, 5.41) is 13.2. The van der Waals surface area contributed by atoms with Crippen LogP contribution in [0.5, 0.6) is 5.75 Å². The summed E-state index contributed by atoms with van der Waals surface area (Å²) in [5.74, 6) is -2.46. The lowest BCUT2D eigenvalue weighted by Gasteiger charge is -2.18. The first kappa shape index (κ1) is 19.9. The Hall–Kier alpha value is -2.88. The largest absolute Gasteiger partial charge is 0.506 e. The Bertz CT molecular complexity index is 1070. The van der Waals surface area contributed by atoms with Crippen molar-refractivity contribution in [3.05, 3.63) is 30.1 Å². The Labute approximate surface area is 161 Å². The summed E-state index contributed by atoms with van der Waals surface area (Å²) in [6.45, 7) is 3.29. The van der Waals surface area contributed by atoms with Crippen LogP contribution in [0.25, 0.3) is 10.8 Å². The van der Waals surface area contributed by atoms with E-state index in [1.54, 1.807) is 10.8 Å². The minimum absolute atomic E-state index is 0.00342. The molecule has 1 fully saturated rings. The molecule has 1 atom stereocenters. The van der Waals surface area contributed by atoms with Crippen LogP contribution in [-0.2, 0) is 19.8 Å². The van der Waals surface area contributed by atoms with Crippen molar-refractivity contribution in [2.24, 2.45) is 5.92 Å². The number of carbonyl (C=O) groups excluding carboxylic acids is 2. The number of fused-ring (bicyclic) bond motifs is 1. The van der Waals surface area contributed by atoms with Crippen LogP contribution in [0.1, 0.15) is 26.7 Å². The van der Waals surface area contributed by atoms with E-state index < -0.39 is 39.9 Å². The molecule has 1 heterocycles. The van der Waals surface area contributed by atoms with Crippen molar-refractivity contribution < 1.29 is 27.5 Å². The first-order valence-electron chi connectivity index (χ1n) is 8.70. The second-order valence-electron chi connectivity index (χ2n) is 6.80. The van der Waals surface area contributed by atoms with E-state index in [1.165, 1.54) is 18.2 Å². The smallest absolute Gasteiger partial charge is 0.326 e. The highest BCUT2D eigenvalue weighted by Gasteiger charge is 2.37. The lowest BCUT2D eigenvalue weighted by Crippen LogP contribution is -2.30. The molecule has 1 aliphatic rings. The zero-order valence-electron chi connectivity index (χ0n) is 15.3. The van der Waals surface area contributed by atoms with Crippen molar-refractivity contribution in [3.8, 4) is 5.75 Å². The Morgan fingerprint density at radius 1 is 1.39 bits per heavy atom. The lowest BCUT2D eigenvalue weighted by atomic mass is 10.0. The van der Waals surface area contributed by atoms with E-state index in [1.807, 2.05) is 13.8 Å². The molecule has 0 radical (unpaired) electrons. The molecule has 28 heavy (non-hydrogen) atoms. The Kier molecular flexibility index (Phi) is 5.16. The third-order valence-corrected chi connectivity index (χ3v) is 5.99. The summed E-state index contributed by atoms with van der Waals surface area (Å²) in [7, 11) is -4.28. The molecule has 0 saturated carbocycles. The Morgan fingerprint density at radius 3 is 2.71 bits per heavy atom. The second kappa shape index (κ2) is 7.27. The van der Waals surface area contributed by atoms with Crippen molar-refractivity contribution in [1.82, 2.24) is 4.72 Å². The topological polar surface area (TPSA) is 116 Å². The average molecular weight is 409 g/mol. The number of aromatic hydroxyl groups is 1. The zero-order chi connectivity index (χ0) is 20.6. The van der Waals surface area contributed by atoms with Crippen LogP contribution in [-0.4, -0.2) is 31.9 Å². The fourth-order valence-electron chi connectivity index (χ4n) is 2.96. The quantitative estimate of drug-likeness (QED) is 0.700. The predicted octanol–water partition coefficient (Wildman–Crippen LogP) is 2.24. The number of halogens is 1. The van der Waals surface area contributed by atoms with Gasteiger partial charge < -0.3 is 10.4 Å². The van der Waals surface area contributed by atoms with E-state index in [4.69, 9.17) is 0 Å². The highest BCUT2D eigenvalue weighted by molar-refractivity contribution is 7.92. The first-order chi connectivity index (χ1) is 13.1. The summed E-state index contributed by atoms with van der Waals surface area (Å²) in [4.78, 5) is 23.5. The summed E-state index contributed by atoms with van der Waals surface area (Å²) in [6.07, 6.45) is 1.16. The molecule has 3 N–H and O–H groups in total. The Balaban J connectivity index is 2.02. The van der Waals surface area contributed by atoms with E-state index in [-0.39, 0.29) is 17.2 Å². The van der Waals surface area contributed by atoms with Gasteiger partial charge >= 0.3 is 10.2 Å². The molecule has 3 rings (SSSR count). The number of rotatable bonds is 5. The maximum atomic E-state index is 15.1. The van der Waals surface area contributed by atoms with Gasteiger partial charge in [-0.2, -0.15) is 8.42 Å². The van der Waals surface area contributed by atoms with Gasteiger partial charge in [0.25, 0.3) is 5.91 Å². The van der Waals surface area contributed by atoms with Crippen LogP contribution in [0.4, 0.5) is 15.8 Å². The van der Waals surface area contributed by atoms with Crippen molar-refractivity contribution in [3.63, 3.8) is 0 Å². The molecular weight excluding hydrogens is 389 g/mol. The van der Waals surface area contributed by atoms with Gasteiger partial charge in [-0.1, -0.05) is 26.3 Å². The first-order valence-corrected chi connectivity index (χ1v) is 10.1. The van der Waals surface area contributed by atoms with Crippen molar-refractivity contribution in [1.29, 1.82) is 0 Å². The fourth-order valence-corrected chi connectivity index (χ4v) is 4.13. The molecule has 0 bridgehead atoms. The molecule has 150 valence electrons. The van der Waals surface area contributed by atoms with Gasteiger partial charge in [0.15, 0.2) is 5.82 Å². The number of phenols is 1. The molecule has 2 aromatic rings. The SMILES string of the molecule is CCC(C)CC(=O)Nc1ccc2cc(O)c(N3CC(=O)NS3(=O)=O)c(F)c2c1. The third-order valence-electron chi connectivity index (χ3n) is 4.62. The normalized spacial score (nSPS) is 16.8. The maximum absolute atomic E-state index is 15.1. The van der Waals surface area contributed by atoms with E-state index in [0.717, 1.165) is 6.42 Å². The number of hydrogen-bond acceptors (Lipinski definition) is 5. The highest BCUT2D eigenvalue weighted by Crippen LogP contribution is 2.39. The van der Waals surface area contributed by atoms with Crippen LogP contribution in [0.3, 0.4) is 0 Å². The molecule has 0 aromatic heterocycles. The maximum Gasteiger partial charge on any atom is 0.326 e. The number of carbonyl (C=O) groups is 2. The number of hydrogen-bond donors (Lipinski definition) is 3. The average Bonchev–Trinajstić information content (AvgIpc) is 2.87. The van der Waals surface area contributed by atoms with Gasteiger partial charge in [-0.15, -0.1) is 0 Å². The molecule has 10 heteroatoms. The molecule has 1 unspecified atom stereocenters. The van der Waals surface area contributed by atoms with E-state index >= 15 is 4.39 Å². The summed E-state index contributed by atoms with van der Waals surface area (Å²) >= 11 is 0. The fraction of sp³-hybridized carbons (Fsp3) is 0.333. The molecule has 2 amide bonds. The van der Waals surface area contributed by atoms with Crippen LogP contribution >= 0.6 is 0 Å². The summed E-state index contributed by atoms with van der Waals surface area (Å²) in [6, 6.07) is 5.63.